The highest BCUT2D eigenvalue weighted by Gasteiger charge is 2.35. The minimum atomic E-state index is -5.17. The second-order valence-corrected chi connectivity index (χ2v) is 11.6. The maximum absolute atomic E-state index is 15.7. The number of ether oxygens (including phenoxy) is 1. The van der Waals surface area contributed by atoms with E-state index in [2.05, 4.69) is 4.74 Å². The first kappa shape index (κ1) is 31.3. The molecule has 1 fully saturated rings. The van der Waals surface area contributed by atoms with Crippen LogP contribution in [-0.4, -0.2) is 6.36 Å². The first-order valence-electron chi connectivity index (χ1n) is 14.6. The van der Waals surface area contributed by atoms with Crippen molar-refractivity contribution in [1.82, 2.24) is 0 Å². The zero-order chi connectivity index (χ0) is 31.1. The Bertz CT molecular complexity index is 1470. The molecule has 1 saturated carbocycles. The molecule has 3 aromatic rings. The van der Waals surface area contributed by atoms with E-state index in [1.54, 1.807) is 0 Å². The average molecular weight is 615 g/mol. The minimum absolute atomic E-state index is 0.0143. The molecule has 0 aliphatic heterocycles. The second kappa shape index (κ2) is 12.4. The third kappa shape index (κ3) is 6.68. The van der Waals surface area contributed by atoms with Gasteiger partial charge in [0.15, 0.2) is 11.6 Å². The molecule has 0 radical (unpaired) electrons. The van der Waals surface area contributed by atoms with Crippen molar-refractivity contribution in [2.45, 2.75) is 89.3 Å². The predicted molar refractivity (Wildman–Crippen MR) is 143 cm³/mol. The van der Waals surface area contributed by atoms with Crippen molar-refractivity contribution >= 4 is 0 Å². The van der Waals surface area contributed by atoms with Gasteiger partial charge < -0.3 is 4.74 Å². The third-order valence-electron chi connectivity index (χ3n) is 9.05. The Morgan fingerprint density at radius 3 is 2.05 bits per heavy atom. The molecule has 5 rings (SSSR count). The molecule has 3 aromatic carbocycles. The van der Waals surface area contributed by atoms with Crippen LogP contribution in [0.2, 0.25) is 0 Å². The number of benzene rings is 3. The van der Waals surface area contributed by atoms with Crippen LogP contribution in [0.4, 0.5) is 39.5 Å². The normalized spacial score (nSPS) is 20.7. The van der Waals surface area contributed by atoms with Crippen LogP contribution < -0.4 is 4.74 Å². The lowest BCUT2D eigenvalue weighted by molar-refractivity contribution is -0.275. The summed E-state index contributed by atoms with van der Waals surface area (Å²) in [6.07, 6.45) is -1.51. The molecule has 0 aromatic heterocycles. The molecule has 10 heteroatoms. The van der Waals surface area contributed by atoms with Crippen molar-refractivity contribution in [2.24, 2.45) is 5.92 Å². The topological polar surface area (TPSA) is 9.23 Å². The average Bonchev–Trinajstić information content (AvgIpc) is 2.94. The molecule has 0 amide bonds. The Labute approximate surface area is 244 Å². The lowest BCUT2D eigenvalue weighted by Gasteiger charge is -2.32. The van der Waals surface area contributed by atoms with E-state index < -0.39 is 58.9 Å². The van der Waals surface area contributed by atoms with Crippen molar-refractivity contribution in [3.63, 3.8) is 0 Å². The maximum atomic E-state index is 15.7. The fraction of sp³-hybridized carbons (Fsp3) is 0.455. The highest BCUT2D eigenvalue weighted by Crippen LogP contribution is 2.45. The highest BCUT2D eigenvalue weighted by atomic mass is 19.4. The molecule has 0 heterocycles. The van der Waals surface area contributed by atoms with E-state index in [0.717, 1.165) is 12.1 Å². The molecule has 2 aliphatic carbocycles. The van der Waals surface area contributed by atoms with Crippen molar-refractivity contribution in [3.05, 3.63) is 98.6 Å². The van der Waals surface area contributed by atoms with Crippen LogP contribution in [0, 0.1) is 40.8 Å². The predicted octanol–water partition coefficient (Wildman–Crippen LogP) is 10.2. The molecule has 0 bridgehead atoms. The largest absolute Gasteiger partial charge is 0.573 e. The van der Waals surface area contributed by atoms with Gasteiger partial charge in [0.25, 0.3) is 0 Å². The van der Waals surface area contributed by atoms with E-state index >= 15 is 8.78 Å². The molecule has 1 unspecified atom stereocenters. The first-order chi connectivity index (χ1) is 20.4. The maximum Gasteiger partial charge on any atom is 0.573 e. The van der Waals surface area contributed by atoms with Crippen molar-refractivity contribution in [3.8, 4) is 5.75 Å². The van der Waals surface area contributed by atoms with Crippen molar-refractivity contribution < 1.29 is 44.3 Å². The van der Waals surface area contributed by atoms with E-state index in [9.17, 15) is 30.7 Å². The number of hydrogen-bond acceptors (Lipinski definition) is 1. The quantitative estimate of drug-likeness (QED) is 0.241. The van der Waals surface area contributed by atoms with E-state index in [0.29, 0.717) is 48.8 Å². The highest BCUT2D eigenvalue weighted by molar-refractivity contribution is 5.40. The standard InChI is InChI=1S/C33H31F9O/c1-2-17-14-25(34)24(26(35)15-17)10-4-18-3-9-23-21(13-18)16-27(36)29(30(23)37)20-7-5-19(6-8-20)22-11-12-28(32(39)31(22)38)43-33(40,41)42/h11-12,14-16,18-20H,2-10,13H2,1H3. The van der Waals surface area contributed by atoms with Crippen LogP contribution in [0.3, 0.4) is 0 Å². The summed E-state index contributed by atoms with van der Waals surface area (Å²) in [5.41, 5.74) is 1.47. The SMILES string of the molecule is CCc1cc(F)c(CCC2CCc3c(cc(F)c(C4CCC(c5ccc(OC(F)(F)F)c(F)c5F)CC4)c3F)C2)c(F)c1. The van der Waals surface area contributed by atoms with Crippen LogP contribution >= 0.6 is 0 Å². The zero-order valence-corrected chi connectivity index (χ0v) is 23.5. The van der Waals surface area contributed by atoms with Crippen LogP contribution in [0.25, 0.3) is 0 Å². The Hall–Kier alpha value is -3.17. The molecule has 1 atom stereocenters. The summed E-state index contributed by atoms with van der Waals surface area (Å²) < 4.78 is 130. The Morgan fingerprint density at radius 1 is 0.767 bits per heavy atom. The van der Waals surface area contributed by atoms with Gasteiger partial charge in [-0.05, 0) is 128 Å². The summed E-state index contributed by atoms with van der Waals surface area (Å²) in [7, 11) is 0. The lowest BCUT2D eigenvalue weighted by atomic mass is 9.74. The molecule has 2 aliphatic rings. The molecular weight excluding hydrogens is 583 g/mol. The van der Waals surface area contributed by atoms with Crippen LogP contribution in [-0.2, 0) is 25.7 Å². The van der Waals surface area contributed by atoms with Gasteiger partial charge in [0.05, 0.1) is 0 Å². The number of rotatable bonds is 7. The first-order valence-corrected chi connectivity index (χ1v) is 14.6. The number of halogens is 9. The van der Waals surface area contributed by atoms with E-state index in [1.807, 2.05) is 6.92 Å². The van der Waals surface area contributed by atoms with Gasteiger partial charge in [0.2, 0.25) is 5.82 Å². The van der Waals surface area contributed by atoms with Gasteiger partial charge in [0.1, 0.15) is 23.3 Å². The van der Waals surface area contributed by atoms with E-state index in [1.165, 1.54) is 18.2 Å². The van der Waals surface area contributed by atoms with E-state index in [4.69, 9.17) is 0 Å². The summed E-state index contributed by atoms with van der Waals surface area (Å²) in [4.78, 5) is 0. The molecule has 43 heavy (non-hydrogen) atoms. The van der Waals surface area contributed by atoms with Crippen molar-refractivity contribution in [1.29, 1.82) is 0 Å². The van der Waals surface area contributed by atoms with E-state index in [-0.39, 0.29) is 54.7 Å². The third-order valence-corrected chi connectivity index (χ3v) is 9.05. The Kier molecular flexibility index (Phi) is 9.05. The molecule has 0 spiro atoms. The van der Waals surface area contributed by atoms with Gasteiger partial charge in [-0.1, -0.05) is 13.0 Å². The molecule has 232 valence electrons. The lowest BCUT2D eigenvalue weighted by Crippen LogP contribution is -2.21. The van der Waals surface area contributed by atoms with Crippen LogP contribution in [0.15, 0.2) is 30.3 Å². The smallest absolute Gasteiger partial charge is 0.403 e. The molecular formula is C33H31F9O. The Morgan fingerprint density at radius 2 is 1.42 bits per heavy atom. The van der Waals surface area contributed by atoms with Gasteiger partial charge in [0, 0.05) is 11.1 Å². The second-order valence-electron chi connectivity index (χ2n) is 11.6. The fourth-order valence-corrected chi connectivity index (χ4v) is 6.77. The molecule has 1 nitrogen and oxygen atoms in total. The minimum Gasteiger partial charge on any atom is -0.403 e. The Balaban J connectivity index is 1.25. The summed E-state index contributed by atoms with van der Waals surface area (Å²) in [6.45, 7) is 1.81. The summed E-state index contributed by atoms with van der Waals surface area (Å²) in [5.74, 6) is -7.85. The summed E-state index contributed by atoms with van der Waals surface area (Å²) >= 11 is 0. The molecule has 0 N–H and O–H groups in total. The fourth-order valence-electron chi connectivity index (χ4n) is 6.77. The number of fused-ring (bicyclic) bond motifs is 1. The van der Waals surface area contributed by atoms with Crippen molar-refractivity contribution in [2.75, 3.05) is 0 Å². The summed E-state index contributed by atoms with van der Waals surface area (Å²) in [5, 5.41) is 0. The summed E-state index contributed by atoms with van der Waals surface area (Å²) in [6, 6.07) is 5.82. The number of alkyl halides is 3. The number of hydrogen-bond donors (Lipinski definition) is 0. The van der Waals surface area contributed by atoms with Gasteiger partial charge >= 0.3 is 6.36 Å². The van der Waals surface area contributed by atoms with Crippen LogP contribution in [0.1, 0.15) is 90.7 Å². The van der Waals surface area contributed by atoms with Gasteiger partial charge in [-0.3, -0.25) is 0 Å². The van der Waals surface area contributed by atoms with Crippen LogP contribution in [0.5, 0.6) is 5.75 Å². The van der Waals surface area contributed by atoms with Gasteiger partial charge in [-0.15, -0.1) is 13.2 Å². The molecule has 0 saturated heterocycles. The zero-order valence-electron chi connectivity index (χ0n) is 23.5. The van der Waals surface area contributed by atoms with Gasteiger partial charge in [-0.2, -0.15) is 4.39 Å². The monoisotopic (exact) mass is 614 g/mol. The number of aryl methyl sites for hydroxylation is 1. The van der Waals surface area contributed by atoms with Gasteiger partial charge in [-0.25, -0.2) is 22.0 Å².